The van der Waals surface area contributed by atoms with Crippen LogP contribution in [0.3, 0.4) is 0 Å². The van der Waals surface area contributed by atoms with Gasteiger partial charge >= 0.3 is 0 Å². The molecular weight excluding hydrogens is 302 g/mol. The zero-order valence-corrected chi connectivity index (χ0v) is 13.9. The van der Waals surface area contributed by atoms with E-state index >= 15 is 0 Å². The van der Waals surface area contributed by atoms with E-state index in [0.717, 1.165) is 16.9 Å². The smallest absolute Gasteiger partial charge is 0.223 e. The fraction of sp³-hybridized carbons (Fsp3) is 0.350. The molecule has 1 N–H and O–H groups in total. The molecule has 1 unspecified atom stereocenters. The Balaban J connectivity index is 1.76. The number of likely N-dealkylation sites (tertiary alicyclic amines) is 1. The van der Waals surface area contributed by atoms with Crippen LogP contribution in [-0.4, -0.2) is 29.1 Å². The Hall–Kier alpha value is -2.33. The highest BCUT2D eigenvalue weighted by Crippen LogP contribution is 2.33. The molecule has 1 saturated heterocycles. The van der Waals surface area contributed by atoms with E-state index in [-0.39, 0.29) is 5.91 Å². The standard InChI is InChI=1S/C20H23NO3/c1-2-24-18-10-8-17(9-11-18)20(23)13-12-19(22)21(15-20)14-16-6-4-3-5-7-16/h3-11,23H,2,12-15H2,1H3. The summed E-state index contributed by atoms with van der Waals surface area (Å²) in [5.74, 6) is 0.882. The topological polar surface area (TPSA) is 49.8 Å². The molecule has 1 atom stereocenters. The first-order valence-corrected chi connectivity index (χ1v) is 8.38. The highest BCUT2D eigenvalue weighted by molar-refractivity contribution is 5.77. The van der Waals surface area contributed by atoms with Crippen molar-refractivity contribution in [2.45, 2.75) is 31.9 Å². The molecule has 24 heavy (non-hydrogen) atoms. The summed E-state index contributed by atoms with van der Waals surface area (Å²) in [6.07, 6.45) is 0.807. The van der Waals surface area contributed by atoms with Crippen molar-refractivity contribution in [1.29, 1.82) is 0 Å². The van der Waals surface area contributed by atoms with Gasteiger partial charge in [0.2, 0.25) is 5.91 Å². The molecule has 0 spiro atoms. The molecule has 4 nitrogen and oxygen atoms in total. The molecule has 1 aliphatic heterocycles. The molecule has 1 aliphatic rings. The van der Waals surface area contributed by atoms with Crippen LogP contribution in [0, 0.1) is 0 Å². The van der Waals surface area contributed by atoms with Crippen molar-refractivity contribution in [2.24, 2.45) is 0 Å². The fourth-order valence-electron chi connectivity index (χ4n) is 3.17. The third kappa shape index (κ3) is 3.60. The van der Waals surface area contributed by atoms with E-state index in [0.29, 0.717) is 32.5 Å². The van der Waals surface area contributed by atoms with Gasteiger partial charge in [-0.3, -0.25) is 4.79 Å². The number of benzene rings is 2. The predicted molar refractivity (Wildman–Crippen MR) is 92.6 cm³/mol. The number of rotatable bonds is 5. The summed E-state index contributed by atoms with van der Waals surface area (Å²) in [4.78, 5) is 14.0. The monoisotopic (exact) mass is 325 g/mol. The highest BCUT2D eigenvalue weighted by atomic mass is 16.5. The molecule has 1 amide bonds. The lowest BCUT2D eigenvalue weighted by Crippen LogP contribution is -2.48. The van der Waals surface area contributed by atoms with Gasteiger partial charge in [0.05, 0.1) is 13.2 Å². The van der Waals surface area contributed by atoms with E-state index in [1.54, 1.807) is 4.90 Å². The van der Waals surface area contributed by atoms with Crippen molar-refractivity contribution >= 4 is 5.91 Å². The van der Waals surface area contributed by atoms with Crippen molar-refractivity contribution in [2.75, 3.05) is 13.2 Å². The van der Waals surface area contributed by atoms with Crippen LogP contribution in [0.5, 0.6) is 5.75 Å². The normalized spacial score (nSPS) is 20.9. The molecule has 1 fully saturated rings. The number of carbonyl (C=O) groups is 1. The Labute approximate surface area is 142 Å². The number of amides is 1. The second kappa shape index (κ2) is 7.05. The summed E-state index contributed by atoms with van der Waals surface area (Å²) in [6, 6.07) is 17.4. The number of ether oxygens (including phenoxy) is 1. The largest absolute Gasteiger partial charge is 0.494 e. The van der Waals surface area contributed by atoms with Gasteiger partial charge in [-0.25, -0.2) is 0 Å². The van der Waals surface area contributed by atoms with E-state index in [2.05, 4.69) is 0 Å². The number of carbonyl (C=O) groups excluding carboxylic acids is 1. The summed E-state index contributed by atoms with van der Waals surface area (Å²) in [7, 11) is 0. The summed E-state index contributed by atoms with van der Waals surface area (Å²) in [5, 5.41) is 11.1. The van der Waals surface area contributed by atoms with Gasteiger partial charge in [0.1, 0.15) is 11.4 Å². The minimum atomic E-state index is -1.01. The van der Waals surface area contributed by atoms with Crippen LogP contribution in [0.25, 0.3) is 0 Å². The van der Waals surface area contributed by atoms with Crippen LogP contribution in [0.4, 0.5) is 0 Å². The average molecular weight is 325 g/mol. The number of hydrogen-bond donors (Lipinski definition) is 1. The lowest BCUT2D eigenvalue weighted by atomic mass is 9.85. The minimum Gasteiger partial charge on any atom is -0.494 e. The molecule has 0 bridgehead atoms. The van der Waals surface area contributed by atoms with E-state index < -0.39 is 5.60 Å². The Morgan fingerprint density at radius 1 is 1.12 bits per heavy atom. The Kier molecular flexibility index (Phi) is 4.86. The molecule has 2 aromatic rings. The first kappa shape index (κ1) is 16.5. The Morgan fingerprint density at radius 3 is 2.50 bits per heavy atom. The lowest BCUT2D eigenvalue weighted by Gasteiger charge is -2.39. The summed E-state index contributed by atoms with van der Waals surface area (Å²) in [6.45, 7) is 3.40. The second-order valence-corrected chi connectivity index (χ2v) is 6.22. The van der Waals surface area contributed by atoms with E-state index in [1.807, 2.05) is 61.5 Å². The molecule has 2 aromatic carbocycles. The minimum absolute atomic E-state index is 0.0921. The molecule has 0 aliphatic carbocycles. The Morgan fingerprint density at radius 2 is 1.83 bits per heavy atom. The van der Waals surface area contributed by atoms with Crippen molar-refractivity contribution < 1.29 is 14.6 Å². The summed E-state index contributed by atoms with van der Waals surface area (Å²) >= 11 is 0. The first-order valence-electron chi connectivity index (χ1n) is 8.38. The molecule has 4 heteroatoms. The van der Waals surface area contributed by atoms with Crippen molar-refractivity contribution in [3.63, 3.8) is 0 Å². The maximum absolute atomic E-state index is 12.3. The highest BCUT2D eigenvalue weighted by Gasteiger charge is 2.38. The molecule has 0 radical (unpaired) electrons. The van der Waals surface area contributed by atoms with Gasteiger partial charge in [-0.15, -0.1) is 0 Å². The van der Waals surface area contributed by atoms with Crippen LogP contribution in [0.15, 0.2) is 54.6 Å². The summed E-state index contributed by atoms with van der Waals surface area (Å²) < 4.78 is 5.45. The molecule has 0 aromatic heterocycles. The van der Waals surface area contributed by atoms with Gasteiger partial charge < -0.3 is 14.7 Å². The molecule has 3 rings (SSSR count). The molecule has 126 valence electrons. The van der Waals surface area contributed by atoms with Gasteiger partial charge in [0.25, 0.3) is 0 Å². The van der Waals surface area contributed by atoms with Gasteiger partial charge in [0, 0.05) is 13.0 Å². The van der Waals surface area contributed by atoms with Crippen LogP contribution in [-0.2, 0) is 16.9 Å². The zero-order valence-electron chi connectivity index (χ0n) is 13.9. The fourth-order valence-corrected chi connectivity index (χ4v) is 3.17. The maximum Gasteiger partial charge on any atom is 0.223 e. The van der Waals surface area contributed by atoms with Crippen LogP contribution < -0.4 is 4.74 Å². The number of β-amino-alcohol motifs (C(OH)–C–C–N with tert-alkyl or cyclic N) is 1. The van der Waals surface area contributed by atoms with Crippen molar-refractivity contribution in [3.8, 4) is 5.75 Å². The second-order valence-electron chi connectivity index (χ2n) is 6.22. The number of hydrogen-bond acceptors (Lipinski definition) is 3. The number of nitrogens with zero attached hydrogens (tertiary/aromatic N) is 1. The third-order valence-corrected chi connectivity index (χ3v) is 4.48. The molecule has 0 saturated carbocycles. The lowest BCUT2D eigenvalue weighted by molar-refractivity contribution is -0.144. The van der Waals surface area contributed by atoms with Crippen LogP contribution in [0.1, 0.15) is 30.9 Å². The van der Waals surface area contributed by atoms with Gasteiger partial charge in [-0.1, -0.05) is 42.5 Å². The zero-order chi connectivity index (χ0) is 17.0. The third-order valence-electron chi connectivity index (χ3n) is 4.48. The summed E-state index contributed by atoms with van der Waals surface area (Å²) in [5.41, 5.74) is 0.895. The van der Waals surface area contributed by atoms with E-state index in [4.69, 9.17) is 4.74 Å². The van der Waals surface area contributed by atoms with Gasteiger partial charge in [-0.2, -0.15) is 0 Å². The molecular formula is C20H23NO3. The maximum atomic E-state index is 12.3. The Bertz CT molecular complexity index is 684. The average Bonchev–Trinajstić information content (AvgIpc) is 2.60. The van der Waals surface area contributed by atoms with Crippen LogP contribution >= 0.6 is 0 Å². The van der Waals surface area contributed by atoms with Crippen LogP contribution in [0.2, 0.25) is 0 Å². The van der Waals surface area contributed by atoms with Crippen molar-refractivity contribution in [1.82, 2.24) is 4.90 Å². The van der Waals surface area contributed by atoms with E-state index in [9.17, 15) is 9.90 Å². The quantitative estimate of drug-likeness (QED) is 0.919. The van der Waals surface area contributed by atoms with Crippen molar-refractivity contribution in [3.05, 3.63) is 65.7 Å². The predicted octanol–water partition coefficient (Wildman–Crippen LogP) is 3.10. The van der Waals surface area contributed by atoms with E-state index in [1.165, 1.54) is 0 Å². The van der Waals surface area contributed by atoms with Gasteiger partial charge in [-0.05, 0) is 36.6 Å². The van der Waals surface area contributed by atoms with Gasteiger partial charge in [0.15, 0.2) is 0 Å². The number of aliphatic hydroxyl groups is 1. The first-order chi connectivity index (χ1) is 11.6. The SMILES string of the molecule is CCOc1ccc(C2(O)CCC(=O)N(Cc3ccccc3)C2)cc1. The molecule has 1 heterocycles. The number of piperidine rings is 1.